The number of likely N-dealkylation sites (tertiary alicyclic amines) is 1. The van der Waals surface area contributed by atoms with Crippen molar-refractivity contribution in [2.45, 2.75) is 31.7 Å². The van der Waals surface area contributed by atoms with Crippen LogP contribution in [0, 0.1) is 0 Å². The maximum atomic E-state index is 12.2. The molecule has 0 unspecified atom stereocenters. The molecule has 1 fully saturated rings. The molecule has 1 saturated heterocycles. The summed E-state index contributed by atoms with van der Waals surface area (Å²) in [6.45, 7) is 2.81. The quantitative estimate of drug-likeness (QED) is 0.760. The zero-order valence-electron chi connectivity index (χ0n) is 15.1. The van der Waals surface area contributed by atoms with Gasteiger partial charge in [-0.2, -0.15) is 0 Å². The summed E-state index contributed by atoms with van der Waals surface area (Å²) in [5, 5.41) is 0. The Morgan fingerprint density at radius 3 is 2.00 bits per heavy atom. The molecule has 1 amide bonds. The van der Waals surface area contributed by atoms with Crippen molar-refractivity contribution in [2.75, 3.05) is 26.7 Å². The number of hydrogen-bond donors (Lipinski definition) is 0. The number of nitrogens with zero attached hydrogens (tertiary/aromatic N) is 2. The highest BCUT2D eigenvalue weighted by atomic mass is 16.2. The summed E-state index contributed by atoms with van der Waals surface area (Å²) in [7, 11) is 2.16. The minimum Gasteiger partial charge on any atom is -0.343 e. The Balaban J connectivity index is 1.63. The molecule has 0 saturated carbocycles. The lowest BCUT2D eigenvalue weighted by Gasteiger charge is -2.29. The van der Waals surface area contributed by atoms with Crippen LogP contribution in [0.3, 0.4) is 0 Å². The maximum absolute atomic E-state index is 12.2. The molecule has 0 atom stereocenters. The molecule has 0 radical (unpaired) electrons. The summed E-state index contributed by atoms with van der Waals surface area (Å²) in [5.41, 5.74) is 2.59. The Kier molecular flexibility index (Phi) is 6.24. The van der Waals surface area contributed by atoms with Gasteiger partial charge in [-0.05, 0) is 44.0 Å². The first kappa shape index (κ1) is 17.7. The average Bonchev–Trinajstić information content (AvgIpc) is 3.18. The number of rotatable bonds is 7. The topological polar surface area (TPSA) is 23.6 Å². The van der Waals surface area contributed by atoms with Gasteiger partial charge in [-0.25, -0.2) is 0 Å². The van der Waals surface area contributed by atoms with Crippen LogP contribution in [0.5, 0.6) is 0 Å². The molecular formula is C22H28N2O. The molecule has 1 aliphatic heterocycles. The Morgan fingerprint density at radius 2 is 1.48 bits per heavy atom. The molecule has 25 heavy (non-hydrogen) atoms. The Bertz CT molecular complexity index is 611. The van der Waals surface area contributed by atoms with E-state index >= 15 is 0 Å². The highest BCUT2D eigenvalue weighted by molar-refractivity contribution is 5.76. The highest BCUT2D eigenvalue weighted by Crippen LogP contribution is 2.27. The van der Waals surface area contributed by atoms with Gasteiger partial charge in [0.25, 0.3) is 0 Å². The van der Waals surface area contributed by atoms with Crippen molar-refractivity contribution in [1.82, 2.24) is 9.80 Å². The predicted molar refractivity (Wildman–Crippen MR) is 102 cm³/mol. The van der Waals surface area contributed by atoms with Crippen LogP contribution in [0.15, 0.2) is 60.7 Å². The second-order valence-electron chi connectivity index (χ2n) is 6.90. The number of carbonyl (C=O) groups excluding carboxylic acids is 1. The molecule has 1 heterocycles. The Hall–Kier alpha value is -2.13. The molecule has 0 aliphatic carbocycles. The van der Waals surface area contributed by atoms with Crippen LogP contribution >= 0.6 is 0 Å². The molecule has 0 aromatic heterocycles. The lowest BCUT2D eigenvalue weighted by atomic mass is 9.97. The molecule has 2 aromatic carbocycles. The van der Waals surface area contributed by atoms with Crippen LogP contribution in [0.1, 0.15) is 42.9 Å². The van der Waals surface area contributed by atoms with Crippen molar-refractivity contribution in [2.24, 2.45) is 0 Å². The molecule has 1 aliphatic rings. The largest absolute Gasteiger partial charge is 0.343 e. The average molecular weight is 336 g/mol. The first-order valence-corrected chi connectivity index (χ1v) is 9.33. The smallest absolute Gasteiger partial charge is 0.222 e. The fourth-order valence-corrected chi connectivity index (χ4v) is 3.71. The number of benzene rings is 2. The van der Waals surface area contributed by atoms with Gasteiger partial charge in [0.05, 0.1) is 6.04 Å². The van der Waals surface area contributed by atoms with Gasteiger partial charge in [0.15, 0.2) is 0 Å². The van der Waals surface area contributed by atoms with E-state index < -0.39 is 0 Å². The second kappa shape index (κ2) is 8.82. The molecule has 3 nitrogen and oxygen atoms in total. The van der Waals surface area contributed by atoms with Gasteiger partial charge in [-0.15, -0.1) is 0 Å². The third-order valence-electron chi connectivity index (χ3n) is 5.03. The van der Waals surface area contributed by atoms with Crippen molar-refractivity contribution < 1.29 is 4.79 Å². The molecule has 132 valence electrons. The monoisotopic (exact) mass is 336 g/mol. The van der Waals surface area contributed by atoms with E-state index in [4.69, 9.17) is 0 Å². The number of carbonyl (C=O) groups is 1. The lowest BCUT2D eigenvalue weighted by Crippen LogP contribution is -2.30. The van der Waals surface area contributed by atoms with Crippen molar-refractivity contribution >= 4 is 5.91 Å². The fourth-order valence-electron chi connectivity index (χ4n) is 3.71. The minimum absolute atomic E-state index is 0.226. The van der Waals surface area contributed by atoms with Gasteiger partial charge in [0.1, 0.15) is 0 Å². The van der Waals surface area contributed by atoms with Crippen molar-refractivity contribution in [1.29, 1.82) is 0 Å². The molecule has 0 bridgehead atoms. The van der Waals surface area contributed by atoms with Gasteiger partial charge in [0, 0.05) is 19.5 Å². The maximum Gasteiger partial charge on any atom is 0.222 e. The van der Waals surface area contributed by atoms with E-state index in [1.165, 1.54) is 11.1 Å². The second-order valence-corrected chi connectivity index (χ2v) is 6.90. The van der Waals surface area contributed by atoms with Crippen LogP contribution in [0.25, 0.3) is 0 Å². The standard InChI is InChI=1S/C22H28N2O/c1-23(16-10-15-21(25)24-17-8-9-18-24)22(19-11-4-2-5-12-19)20-13-6-3-7-14-20/h2-7,11-14,22H,8-10,15-18H2,1H3. The van der Waals surface area contributed by atoms with E-state index in [2.05, 4.69) is 72.6 Å². The van der Waals surface area contributed by atoms with E-state index in [0.29, 0.717) is 12.3 Å². The third kappa shape index (κ3) is 4.70. The summed E-state index contributed by atoms with van der Waals surface area (Å²) in [6.07, 6.45) is 3.88. The zero-order valence-corrected chi connectivity index (χ0v) is 15.1. The highest BCUT2D eigenvalue weighted by Gasteiger charge is 2.20. The molecular weight excluding hydrogens is 308 g/mol. The summed E-state index contributed by atoms with van der Waals surface area (Å²) in [6, 6.07) is 21.4. The van der Waals surface area contributed by atoms with Crippen molar-refractivity contribution in [3.8, 4) is 0 Å². The number of amides is 1. The van der Waals surface area contributed by atoms with Crippen LogP contribution in [0.2, 0.25) is 0 Å². The van der Waals surface area contributed by atoms with Gasteiger partial charge in [-0.3, -0.25) is 9.69 Å². The van der Waals surface area contributed by atoms with Crippen LogP contribution in [-0.2, 0) is 4.79 Å². The van der Waals surface area contributed by atoms with Crippen LogP contribution in [0.4, 0.5) is 0 Å². The first-order valence-electron chi connectivity index (χ1n) is 9.33. The minimum atomic E-state index is 0.226. The van der Waals surface area contributed by atoms with Gasteiger partial charge in [-0.1, -0.05) is 60.7 Å². The summed E-state index contributed by atoms with van der Waals surface area (Å²) in [5.74, 6) is 0.321. The van der Waals surface area contributed by atoms with Crippen LogP contribution in [-0.4, -0.2) is 42.4 Å². The van der Waals surface area contributed by atoms with Gasteiger partial charge >= 0.3 is 0 Å². The van der Waals surface area contributed by atoms with Crippen molar-refractivity contribution in [3.05, 3.63) is 71.8 Å². The van der Waals surface area contributed by atoms with Crippen molar-refractivity contribution in [3.63, 3.8) is 0 Å². The summed E-state index contributed by atoms with van der Waals surface area (Å²) < 4.78 is 0. The van der Waals surface area contributed by atoms with E-state index in [9.17, 15) is 4.79 Å². The third-order valence-corrected chi connectivity index (χ3v) is 5.03. The van der Waals surface area contributed by atoms with E-state index in [-0.39, 0.29) is 6.04 Å². The molecule has 3 rings (SSSR count). The zero-order chi connectivity index (χ0) is 17.5. The molecule has 2 aromatic rings. The normalized spacial score (nSPS) is 14.4. The number of hydrogen-bond acceptors (Lipinski definition) is 2. The summed E-state index contributed by atoms with van der Waals surface area (Å²) in [4.78, 5) is 16.6. The fraction of sp³-hybridized carbons (Fsp3) is 0.409. The lowest BCUT2D eigenvalue weighted by molar-refractivity contribution is -0.130. The van der Waals surface area contributed by atoms with Gasteiger partial charge < -0.3 is 4.90 Å². The van der Waals surface area contributed by atoms with E-state index in [0.717, 1.165) is 38.9 Å². The molecule has 0 spiro atoms. The molecule has 0 N–H and O–H groups in total. The van der Waals surface area contributed by atoms with Crippen LogP contribution < -0.4 is 0 Å². The SMILES string of the molecule is CN(CCCC(=O)N1CCCC1)C(c1ccccc1)c1ccccc1. The first-order chi connectivity index (χ1) is 12.3. The Morgan fingerprint density at radius 1 is 0.960 bits per heavy atom. The molecule has 3 heteroatoms. The van der Waals surface area contributed by atoms with Gasteiger partial charge in [0.2, 0.25) is 5.91 Å². The predicted octanol–water partition coefficient (Wildman–Crippen LogP) is 4.11. The Labute approximate surface area is 151 Å². The summed E-state index contributed by atoms with van der Waals surface area (Å²) >= 11 is 0. The van der Waals surface area contributed by atoms with E-state index in [1.54, 1.807) is 0 Å². The van der Waals surface area contributed by atoms with E-state index in [1.807, 2.05) is 4.90 Å².